The first-order chi connectivity index (χ1) is 20.8. The second-order valence-electron chi connectivity index (χ2n) is 9.35. The van der Waals surface area contributed by atoms with Gasteiger partial charge in [-0.1, -0.05) is 54.6 Å². The number of rotatable bonds is 9. The van der Waals surface area contributed by atoms with Gasteiger partial charge in [0.05, 0.1) is 16.7 Å². The van der Waals surface area contributed by atoms with E-state index in [-0.39, 0.29) is 16.7 Å². The Hall–Kier alpha value is -5.62. The molecule has 0 aliphatic carbocycles. The Balaban J connectivity index is 1.53. The molecule has 12 nitrogen and oxygen atoms in total. The number of nitrogens with zero attached hydrogens (tertiary/aromatic N) is 2. The van der Waals surface area contributed by atoms with Gasteiger partial charge in [-0.05, 0) is 36.4 Å². The molecule has 4 atom stereocenters. The zero-order valence-electron chi connectivity index (χ0n) is 22.5. The molecule has 3 aromatic carbocycles. The average Bonchev–Trinajstić information content (AvgIpc) is 3.36. The van der Waals surface area contributed by atoms with E-state index in [1.165, 1.54) is 30.5 Å². The Labute approximate surface area is 244 Å². The van der Waals surface area contributed by atoms with E-state index in [1.807, 2.05) is 0 Å². The molecule has 0 bridgehead atoms. The number of nitrogens with two attached hydrogens (primary N) is 1. The topological polar surface area (TPSA) is 166 Å². The lowest BCUT2D eigenvalue weighted by atomic mass is 10.1. The van der Waals surface area contributed by atoms with E-state index < -0.39 is 66.2 Å². The number of esters is 3. The van der Waals surface area contributed by atoms with E-state index in [4.69, 9.17) is 24.7 Å². The second kappa shape index (κ2) is 12.9. The van der Waals surface area contributed by atoms with Crippen molar-refractivity contribution in [2.24, 2.45) is 5.73 Å². The van der Waals surface area contributed by atoms with Crippen molar-refractivity contribution >= 4 is 23.8 Å². The zero-order valence-corrected chi connectivity index (χ0v) is 22.5. The van der Waals surface area contributed by atoms with Crippen molar-refractivity contribution in [2.75, 3.05) is 6.61 Å². The number of hydrogen-bond donors (Lipinski definition) is 1. The maximum atomic E-state index is 13.2. The van der Waals surface area contributed by atoms with Crippen LogP contribution in [0.3, 0.4) is 0 Å². The summed E-state index contributed by atoms with van der Waals surface area (Å²) in [6.07, 6.45) is -3.11. The highest BCUT2D eigenvalue weighted by molar-refractivity contribution is 5.91. The van der Waals surface area contributed by atoms with Crippen LogP contribution in [0.5, 0.6) is 0 Å². The van der Waals surface area contributed by atoms with E-state index in [1.54, 1.807) is 66.7 Å². The van der Waals surface area contributed by atoms with Crippen LogP contribution in [0, 0.1) is 0 Å². The molecule has 1 saturated heterocycles. The molecule has 2 heterocycles. The molecule has 1 aromatic heterocycles. The summed E-state index contributed by atoms with van der Waals surface area (Å²) in [5, 5.41) is 0. The molecule has 1 fully saturated rings. The smallest absolute Gasteiger partial charge is 0.338 e. The highest BCUT2D eigenvalue weighted by Gasteiger charge is 2.51. The molecule has 0 spiro atoms. The van der Waals surface area contributed by atoms with Crippen LogP contribution in [-0.4, -0.2) is 58.3 Å². The maximum absolute atomic E-state index is 13.2. The molecule has 2 N–H and O–H groups in total. The van der Waals surface area contributed by atoms with Gasteiger partial charge in [0, 0.05) is 12.4 Å². The SMILES string of the molecule is NC(=O)c1nccn(C2OC(COC(=O)c3ccccc3)C(OC(=O)c3ccccc3)C2OC(=O)c2ccccc2)c1=O. The average molecular weight is 584 g/mol. The maximum Gasteiger partial charge on any atom is 0.338 e. The summed E-state index contributed by atoms with van der Waals surface area (Å²) in [7, 11) is 0. The first-order valence-electron chi connectivity index (χ1n) is 13.1. The van der Waals surface area contributed by atoms with Crippen LogP contribution < -0.4 is 11.3 Å². The standard InChI is InChI=1S/C31H25N3O9/c32-26(35)23-27(36)34(17-16-33-23)28-25(43-31(39)21-14-8-3-9-15-21)24(42-30(38)20-12-6-2-7-13-20)22(41-28)18-40-29(37)19-10-4-1-5-11-19/h1-17,22,24-25,28H,18H2,(H2,32,35). The molecule has 5 rings (SSSR count). The summed E-state index contributed by atoms with van der Waals surface area (Å²) in [4.78, 5) is 67.9. The fraction of sp³-hybridized carbons (Fsp3) is 0.161. The Morgan fingerprint density at radius 1 is 0.744 bits per heavy atom. The fourth-order valence-electron chi connectivity index (χ4n) is 4.48. The molecule has 12 heteroatoms. The van der Waals surface area contributed by atoms with E-state index in [2.05, 4.69) is 4.98 Å². The quantitative estimate of drug-likeness (QED) is 0.229. The van der Waals surface area contributed by atoms with Gasteiger partial charge in [-0.3, -0.25) is 14.2 Å². The molecule has 1 aliphatic rings. The van der Waals surface area contributed by atoms with Crippen molar-refractivity contribution in [3.05, 3.63) is 136 Å². The molecule has 0 radical (unpaired) electrons. The van der Waals surface area contributed by atoms with Crippen molar-refractivity contribution in [2.45, 2.75) is 24.5 Å². The summed E-state index contributed by atoms with van der Waals surface area (Å²) >= 11 is 0. The van der Waals surface area contributed by atoms with Crippen LogP contribution >= 0.6 is 0 Å². The van der Waals surface area contributed by atoms with Gasteiger partial charge < -0.3 is 24.7 Å². The number of primary amides is 1. The molecule has 43 heavy (non-hydrogen) atoms. The summed E-state index contributed by atoms with van der Waals surface area (Å²) < 4.78 is 24.2. The number of carbonyl (C=O) groups is 4. The summed E-state index contributed by atoms with van der Waals surface area (Å²) in [5.41, 5.74) is 4.43. The van der Waals surface area contributed by atoms with Gasteiger partial charge >= 0.3 is 17.9 Å². The highest BCUT2D eigenvalue weighted by atomic mass is 16.7. The number of benzene rings is 3. The Bertz CT molecular complexity index is 1680. The third kappa shape index (κ3) is 6.49. The minimum absolute atomic E-state index is 0.174. The number of carbonyl (C=O) groups excluding carboxylic acids is 4. The monoisotopic (exact) mass is 583 g/mol. The normalized spacial score (nSPS) is 19.3. The lowest BCUT2D eigenvalue weighted by Gasteiger charge is -2.25. The van der Waals surface area contributed by atoms with Crippen LogP contribution in [-0.2, 0) is 18.9 Å². The molecule has 218 valence electrons. The number of hydrogen-bond acceptors (Lipinski definition) is 10. The Morgan fingerprint density at radius 2 is 1.23 bits per heavy atom. The van der Waals surface area contributed by atoms with Gasteiger partial charge in [0.25, 0.3) is 11.5 Å². The van der Waals surface area contributed by atoms with Crippen molar-refractivity contribution in [3.8, 4) is 0 Å². The van der Waals surface area contributed by atoms with Crippen LogP contribution in [0.2, 0.25) is 0 Å². The lowest BCUT2D eigenvalue weighted by molar-refractivity contribution is -0.0636. The van der Waals surface area contributed by atoms with Gasteiger partial charge in [0.1, 0.15) is 12.7 Å². The fourth-order valence-corrected chi connectivity index (χ4v) is 4.48. The molecular weight excluding hydrogens is 558 g/mol. The van der Waals surface area contributed by atoms with Crippen molar-refractivity contribution in [1.29, 1.82) is 0 Å². The first-order valence-corrected chi connectivity index (χ1v) is 13.1. The predicted octanol–water partition coefficient (Wildman–Crippen LogP) is 2.55. The van der Waals surface area contributed by atoms with Crippen molar-refractivity contribution in [1.82, 2.24) is 9.55 Å². The van der Waals surface area contributed by atoms with E-state index >= 15 is 0 Å². The molecule has 4 aromatic rings. The van der Waals surface area contributed by atoms with E-state index in [0.29, 0.717) is 0 Å². The minimum atomic E-state index is -1.44. The van der Waals surface area contributed by atoms with Gasteiger partial charge in [-0.25, -0.2) is 19.4 Å². The van der Waals surface area contributed by atoms with Crippen LogP contribution in [0.25, 0.3) is 0 Å². The van der Waals surface area contributed by atoms with Crippen LogP contribution in [0.1, 0.15) is 47.8 Å². The van der Waals surface area contributed by atoms with Gasteiger partial charge in [0.2, 0.25) is 0 Å². The van der Waals surface area contributed by atoms with Gasteiger partial charge in [-0.15, -0.1) is 0 Å². The van der Waals surface area contributed by atoms with Crippen LogP contribution in [0.4, 0.5) is 0 Å². The molecular formula is C31H25N3O9. The molecule has 1 aliphatic heterocycles. The largest absolute Gasteiger partial charge is 0.459 e. The minimum Gasteiger partial charge on any atom is -0.459 e. The zero-order chi connectivity index (χ0) is 30.3. The predicted molar refractivity (Wildman–Crippen MR) is 149 cm³/mol. The second-order valence-corrected chi connectivity index (χ2v) is 9.35. The number of amides is 1. The summed E-state index contributed by atoms with van der Waals surface area (Å²) in [5.74, 6) is -3.36. The first kappa shape index (κ1) is 28.9. The van der Waals surface area contributed by atoms with Crippen molar-refractivity contribution < 1.29 is 38.1 Å². The lowest BCUT2D eigenvalue weighted by Crippen LogP contribution is -2.43. The van der Waals surface area contributed by atoms with Crippen LogP contribution in [0.15, 0.2) is 108 Å². The Morgan fingerprint density at radius 3 is 1.74 bits per heavy atom. The van der Waals surface area contributed by atoms with Gasteiger partial charge in [0.15, 0.2) is 24.1 Å². The summed E-state index contributed by atoms with van der Waals surface area (Å²) in [6.45, 7) is -0.446. The molecule has 1 amide bonds. The van der Waals surface area contributed by atoms with Crippen molar-refractivity contribution in [3.63, 3.8) is 0 Å². The molecule has 0 saturated carbocycles. The van der Waals surface area contributed by atoms with E-state index in [0.717, 1.165) is 10.8 Å². The summed E-state index contributed by atoms with van der Waals surface area (Å²) in [6, 6.07) is 24.2. The molecule has 4 unspecified atom stereocenters. The third-order valence-electron chi connectivity index (χ3n) is 6.55. The number of aromatic nitrogens is 2. The third-order valence-corrected chi connectivity index (χ3v) is 6.55. The highest BCUT2D eigenvalue weighted by Crippen LogP contribution is 2.35. The Kier molecular flexibility index (Phi) is 8.68. The van der Waals surface area contributed by atoms with Gasteiger partial charge in [-0.2, -0.15) is 0 Å². The number of ether oxygens (including phenoxy) is 4. The van der Waals surface area contributed by atoms with E-state index in [9.17, 15) is 24.0 Å².